The Labute approximate surface area is 115 Å². The van der Waals surface area contributed by atoms with Gasteiger partial charge in [0.05, 0.1) is 18.8 Å². The van der Waals surface area contributed by atoms with Crippen molar-refractivity contribution in [3.8, 4) is 0 Å². The maximum Gasteiger partial charge on any atom is 0.220 e. The van der Waals surface area contributed by atoms with Gasteiger partial charge in [0.2, 0.25) is 5.91 Å². The van der Waals surface area contributed by atoms with Crippen molar-refractivity contribution in [2.45, 2.75) is 31.9 Å². The summed E-state index contributed by atoms with van der Waals surface area (Å²) in [4.78, 5) is 11.6. The lowest BCUT2D eigenvalue weighted by atomic mass is 10.1. The normalized spacial score (nSPS) is 14.0. The molecule has 18 heavy (non-hydrogen) atoms. The molecule has 0 saturated heterocycles. The van der Waals surface area contributed by atoms with Crippen LogP contribution in [0.1, 0.15) is 18.9 Å². The lowest BCUT2D eigenvalue weighted by Gasteiger charge is -2.18. The van der Waals surface area contributed by atoms with E-state index in [1.165, 1.54) is 6.92 Å². The highest BCUT2D eigenvalue weighted by Gasteiger charge is 2.16. The van der Waals surface area contributed by atoms with Gasteiger partial charge in [-0.3, -0.25) is 4.79 Å². The average Bonchev–Trinajstić information content (AvgIpc) is 2.35. The molecule has 1 rings (SSSR count). The highest BCUT2D eigenvalue weighted by atomic mass is 79.9. The smallest absolute Gasteiger partial charge is 0.220 e. The minimum atomic E-state index is -0.758. The van der Waals surface area contributed by atoms with E-state index in [4.69, 9.17) is 5.11 Å². The number of hydrogen-bond donors (Lipinski definition) is 3. The van der Waals surface area contributed by atoms with E-state index in [0.29, 0.717) is 12.8 Å². The third-order valence-corrected chi connectivity index (χ3v) is 3.21. The third kappa shape index (κ3) is 5.16. The van der Waals surface area contributed by atoms with Crippen molar-refractivity contribution in [2.75, 3.05) is 6.61 Å². The first-order valence-corrected chi connectivity index (χ1v) is 6.65. The van der Waals surface area contributed by atoms with Crippen molar-refractivity contribution >= 4 is 21.8 Å². The van der Waals surface area contributed by atoms with Crippen molar-refractivity contribution in [1.29, 1.82) is 0 Å². The van der Waals surface area contributed by atoms with E-state index in [1.54, 1.807) is 0 Å². The fourth-order valence-electron chi connectivity index (χ4n) is 1.51. The van der Waals surface area contributed by atoms with Crippen LogP contribution in [0.15, 0.2) is 28.7 Å². The molecule has 0 spiro atoms. The van der Waals surface area contributed by atoms with Crippen LogP contribution in [0.5, 0.6) is 0 Å². The molecule has 0 aliphatic rings. The van der Waals surface area contributed by atoms with Gasteiger partial charge in [0.25, 0.3) is 0 Å². The zero-order valence-corrected chi connectivity index (χ0v) is 11.9. The van der Waals surface area contributed by atoms with Gasteiger partial charge < -0.3 is 15.5 Å². The minimum Gasteiger partial charge on any atom is -0.394 e. The van der Waals surface area contributed by atoms with Gasteiger partial charge in [-0.25, -0.2) is 0 Å². The average molecular weight is 316 g/mol. The number of carbonyl (C=O) groups excluding carboxylic acids is 1. The molecular formula is C13H18BrNO3. The molecule has 0 aliphatic heterocycles. The summed E-state index contributed by atoms with van der Waals surface area (Å²) in [5.41, 5.74) is 1.07. The summed E-state index contributed by atoms with van der Waals surface area (Å²) in [5.74, 6) is -0.169. The summed E-state index contributed by atoms with van der Waals surface area (Å²) in [6.45, 7) is 1.28. The molecule has 100 valence electrons. The number of nitrogens with one attached hydrogen (secondary N) is 1. The Kier molecular flexibility index (Phi) is 6.32. The van der Waals surface area contributed by atoms with Crippen LogP contribution in [0, 0.1) is 0 Å². The maximum atomic E-state index is 11.6. The summed E-state index contributed by atoms with van der Waals surface area (Å²) < 4.78 is 1.00. The van der Waals surface area contributed by atoms with Gasteiger partial charge >= 0.3 is 0 Å². The number of aryl methyl sites for hydroxylation is 1. The molecule has 3 N–H and O–H groups in total. The summed E-state index contributed by atoms with van der Waals surface area (Å²) in [6.07, 6.45) is 0.216. The number of aliphatic hydroxyl groups is 2. The van der Waals surface area contributed by atoms with Gasteiger partial charge in [-0.15, -0.1) is 0 Å². The van der Waals surface area contributed by atoms with E-state index in [9.17, 15) is 9.90 Å². The van der Waals surface area contributed by atoms with Crippen molar-refractivity contribution in [3.05, 3.63) is 34.3 Å². The Balaban J connectivity index is 2.39. The number of benzene rings is 1. The number of halogens is 1. The second kappa shape index (κ2) is 7.51. The number of amides is 1. The molecule has 0 radical (unpaired) electrons. The van der Waals surface area contributed by atoms with Crippen molar-refractivity contribution < 1.29 is 15.0 Å². The Bertz CT molecular complexity index is 378. The zero-order valence-electron chi connectivity index (χ0n) is 10.3. The third-order valence-electron chi connectivity index (χ3n) is 2.68. The molecular weight excluding hydrogens is 298 g/mol. The van der Waals surface area contributed by atoms with Crippen LogP contribution in [0.2, 0.25) is 0 Å². The monoisotopic (exact) mass is 315 g/mol. The van der Waals surface area contributed by atoms with E-state index in [1.807, 2.05) is 24.3 Å². The summed E-state index contributed by atoms with van der Waals surface area (Å²) >= 11 is 3.35. The molecule has 2 atom stereocenters. The molecule has 0 saturated carbocycles. The first-order valence-electron chi connectivity index (χ1n) is 5.85. The number of carbonyl (C=O) groups is 1. The lowest BCUT2D eigenvalue weighted by Crippen LogP contribution is -2.44. The molecule has 0 heterocycles. The van der Waals surface area contributed by atoms with E-state index >= 15 is 0 Å². The van der Waals surface area contributed by atoms with Gasteiger partial charge in [-0.2, -0.15) is 0 Å². The Morgan fingerprint density at radius 2 is 2.00 bits per heavy atom. The van der Waals surface area contributed by atoms with Crippen molar-refractivity contribution in [1.82, 2.24) is 5.32 Å². The van der Waals surface area contributed by atoms with Crippen LogP contribution in [0.4, 0.5) is 0 Å². The number of aliphatic hydroxyl groups excluding tert-OH is 2. The summed E-state index contributed by atoms with van der Waals surface area (Å²) in [5, 5.41) is 20.9. The molecule has 1 aromatic rings. The van der Waals surface area contributed by atoms with Crippen LogP contribution in [0.25, 0.3) is 0 Å². The lowest BCUT2D eigenvalue weighted by molar-refractivity contribution is -0.123. The molecule has 5 heteroatoms. The molecule has 0 fully saturated rings. The van der Waals surface area contributed by atoms with Gasteiger partial charge in [-0.05, 0) is 31.0 Å². The Morgan fingerprint density at radius 3 is 2.50 bits per heavy atom. The summed E-state index contributed by atoms with van der Waals surface area (Å²) in [7, 11) is 0. The molecule has 0 bridgehead atoms. The standard InChI is InChI=1S/C13H18BrNO3/c1-9(17)12(8-16)15-13(18)7-4-10-2-5-11(14)6-3-10/h2-3,5-6,9,12,16-17H,4,7-8H2,1H3,(H,15,18)/t9-,12+/m1/s1. The number of rotatable bonds is 6. The molecule has 0 unspecified atom stereocenters. The van der Waals surface area contributed by atoms with E-state index in [2.05, 4.69) is 21.2 Å². The van der Waals surface area contributed by atoms with E-state index in [0.717, 1.165) is 10.0 Å². The van der Waals surface area contributed by atoms with Crippen LogP contribution in [-0.4, -0.2) is 34.9 Å². The predicted octanol–water partition coefficient (Wildman–Crippen LogP) is 1.24. The molecule has 1 aromatic carbocycles. The van der Waals surface area contributed by atoms with Crippen LogP contribution >= 0.6 is 15.9 Å². The molecule has 1 amide bonds. The van der Waals surface area contributed by atoms with Gasteiger partial charge in [-0.1, -0.05) is 28.1 Å². The quantitative estimate of drug-likeness (QED) is 0.739. The fourth-order valence-corrected chi connectivity index (χ4v) is 1.77. The molecule has 0 aliphatic carbocycles. The highest BCUT2D eigenvalue weighted by molar-refractivity contribution is 9.10. The van der Waals surface area contributed by atoms with Gasteiger partial charge in [0.1, 0.15) is 0 Å². The topological polar surface area (TPSA) is 69.6 Å². The molecule has 0 aromatic heterocycles. The Hall–Kier alpha value is -0.910. The second-order valence-corrected chi connectivity index (χ2v) is 5.14. The van der Waals surface area contributed by atoms with E-state index in [-0.39, 0.29) is 12.5 Å². The number of hydrogen-bond acceptors (Lipinski definition) is 3. The second-order valence-electron chi connectivity index (χ2n) is 4.22. The largest absolute Gasteiger partial charge is 0.394 e. The van der Waals surface area contributed by atoms with Crippen LogP contribution < -0.4 is 5.32 Å². The fraction of sp³-hybridized carbons (Fsp3) is 0.462. The van der Waals surface area contributed by atoms with Crippen LogP contribution in [0.3, 0.4) is 0 Å². The maximum absolute atomic E-state index is 11.6. The Morgan fingerprint density at radius 1 is 1.39 bits per heavy atom. The highest BCUT2D eigenvalue weighted by Crippen LogP contribution is 2.11. The van der Waals surface area contributed by atoms with Gasteiger partial charge in [0.15, 0.2) is 0 Å². The van der Waals surface area contributed by atoms with Crippen molar-refractivity contribution in [3.63, 3.8) is 0 Å². The first-order chi connectivity index (χ1) is 8.52. The SMILES string of the molecule is C[C@@H](O)[C@H](CO)NC(=O)CCc1ccc(Br)cc1. The molecule has 4 nitrogen and oxygen atoms in total. The van der Waals surface area contributed by atoms with Gasteiger partial charge in [0, 0.05) is 10.9 Å². The van der Waals surface area contributed by atoms with Crippen molar-refractivity contribution in [2.24, 2.45) is 0 Å². The first kappa shape index (κ1) is 15.1. The van der Waals surface area contributed by atoms with Crippen LogP contribution in [-0.2, 0) is 11.2 Å². The van der Waals surface area contributed by atoms with E-state index < -0.39 is 12.1 Å². The minimum absolute atomic E-state index is 0.169. The summed E-state index contributed by atoms with van der Waals surface area (Å²) in [6, 6.07) is 7.17. The predicted molar refractivity (Wildman–Crippen MR) is 73.2 cm³/mol. The zero-order chi connectivity index (χ0) is 13.5.